The van der Waals surface area contributed by atoms with Gasteiger partial charge in [-0.2, -0.15) is 0 Å². The minimum atomic E-state index is 0.879. The average Bonchev–Trinajstić information content (AvgIpc) is 2.54. The molecule has 0 radical (unpaired) electrons. The molecule has 1 saturated carbocycles. The molecule has 0 aromatic carbocycles. The number of hydrogen-bond donors (Lipinski definition) is 0. The van der Waals surface area contributed by atoms with Gasteiger partial charge in [0.1, 0.15) is 0 Å². The summed E-state index contributed by atoms with van der Waals surface area (Å²) in [5, 5.41) is 0. The first-order valence-corrected chi connectivity index (χ1v) is 5.18. The quantitative estimate of drug-likeness (QED) is 0.590. The Morgan fingerprint density at radius 2 is 1.92 bits per heavy atom. The highest BCUT2D eigenvalue weighted by molar-refractivity contribution is 4.81. The molecule has 1 aliphatic heterocycles. The number of ether oxygens (including phenoxy) is 1. The molecule has 2 rings (SSSR count). The lowest BCUT2D eigenvalue weighted by atomic mass is 10.1. The molecular formula is C10H19NO. The van der Waals surface area contributed by atoms with Gasteiger partial charge in [0.25, 0.3) is 0 Å². The molecule has 1 saturated heterocycles. The van der Waals surface area contributed by atoms with Gasteiger partial charge >= 0.3 is 0 Å². The van der Waals surface area contributed by atoms with Gasteiger partial charge in [0.05, 0.1) is 13.2 Å². The van der Waals surface area contributed by atoms with Crippen LogP contribution in [0.4, 0.5) is 0 Å². The van der Waals surface area contributed by atoms with Crippen LogP contribution >= 0.6 is 0 Å². The molecule has 12 heavy (non-hydrogen) atoms. The molecule has 0 spiro atoms. The van der Waals surface area contributed by atoms with Crippen LogP contribution in [0.15, 0.2) is 0 Å². The second-order valence-electron chi connectivity index (χ2n) is 4.22. The predicted octanol–water partition coefficient (Wildman–Crippen LogP) is 1.51. The summed E-state index contributed by atoms with van der Waals surface area (Å²) in [6.45, 7) is 6.60. The van der Waals surface area contributed by atoms with Crippen LogP contribution in [0.2, 0.25) is 0 Å². The first-order valence-electron chi connectivity index (χ1n) is 5.18. The van der Waals surface area contributed by atoms with Gasteiger partial charge in [-0.05, 0) is 25.2 Å². The van der Waals surface area contributed by atoms with Gasteiger partial charge in [0.2, 0.25) is 0 Å². The summed E-state index contributed by atoms with van der Waals surface area (Å²) in [4.78, 5) is 2.62. The second kappa shape index (κ2) is 3.75. The van der Waals surface area contributed by atoms with E-state index in [1.54, 1.807) is 0 Å². The summed E-state index contributed by atoms with van der Waals surface area (Å²) >= 11 is 0. The SMILES string of the molecule is CC1CC[C@H](N2CCOCC2)C1. The first-order chi connectivity index (χ1) is 5.86. The van der Waals surface area contributed by atoms with Crippen molar-refractivity contribution in [1.29, 1.82) is 0 Å². The Hall–Kier alpha value is -0.0800. The van der Waals surface area contributed by atoms with E-state index in [9.17, 15) is 0 Å². The van der Waals surface area contributed by atoms with E-state index in [1.807, 2.05) is 0 Å². The van der Waals surface area contributed by atoms with Crippen LogP contribution in [-0.2, 0) is 4.74 Å². The molecule has 0 aromatic heterocycles. The van der Waals surface area contributed by atoms with Crippen molar-refractivity contribution >= 4 is 0 Å². The molecule has 2 aliphatic rings. The lowest BCUT2D eigenvalue weighted by molar-refractivity contribution is 0.0173. The number of nitrogens with zero attached hydrogens (tertiary/aromatic N) is 1. The summed E-state index contributed by atoms with van der Waals surface area (Å²) < 4.78 is 5.34. The van der Waals surface area contributed by atoms with Crippen molar-refractivity contribution in [2.75, 3.05) is 26.3 Å². The molecule has 2 atom stereocenters. The standard InChI is InChI=1S/C10H19NO/c1-9-2-3-10(8-9)11-4-6-12-7-5-11/h9-10H,2-8H2,1H3/t9?,10-/m0/s1. The van der Waals surface area contributed by atoms with Crippen molar-refractivity contribution in [2.45, 2.75) is 32.2 Å². The second-order valence-corrected chi connectivity index (χ2v) is 4.22. The third kappa shape index (κ3) is 1.80. The van der Waals surface area contributed by atoms with E-state index in [0.29, 0.717) is 0 Å². The maximum atomic E-state index is 5.34. The molecule has 0 aromatic rings. The van der Waals surface area contributed by atoms with Crippen LogP contribution in [0.1, 0.15) is 26.2 Å². The Bertz CT molecular complexity index is 140. The fourth-order valence-corrected chi connectivity index (χ4v) is 2.45. The normalized spacial score (nSPS) is 38.8. The van der Waals surface area contributed by atoms with Gasteiger partial charge in [0, 0.05) is 19.1 Å². The number of morpholine rings is 1. The maximum absolute atomic E-state index is 5.34. The molecular weight excluding hydrogens is 150 g/mol. The van der Waals surface area contributed by atoms with E-state index < -0.39 is 0 Å². The highest BCUT2D eigenvalue weighted by Gasteiger charge is 2.27. The van der Waals surface area contributed by atoms with Crippen LogP contribution < -0.4 is 0 Å². The van der Waals surface area contributed by atoms with E-state index in [4.69, 9.17) is 4.74 Å². The Kier molecular flexibility index (Phi) is 2.66. The topological polar surface area (TPSA) is 12.5 Å². The highest BCUT2D eigenvalue weighted by Crippen LogP contribution is 2.28. The van der Waals surface area contributed by atoms with Crippen LogP contribution in [0.25, 0.3) is 0 Å². The van der Waals surface area contributed by atoms with Crippen molar-refractivity contribution in [2.24, 2.45) is 5.92 Å². The van der Waals surface area contributed by atoms with E-state index in [0.717, 1.165) is 38.3 Å². The molecule has 2 nitrogen and oxygen atoms in total. The van der Waals surface area contributed by atoms with Gasteiger partial charge in [-0.25, -0.2) is 0 Å². The largest absolute Gasteiger partial charge is 0.379 e. The lowest BCUT2D eigenvalue weighted by Crippen LogP contribution is -2.42. The fraction of sp³-hybridized carbons (Fsp3) is 1.00. The molecule has 1 unspecified atom stereocenters. The number of hydrogen-bond acceptors (Lipinski definition) is 2. The highest BCUT2D eigenvalue weighted by atomic mass is 16.5. The van der Waals surface area contributed by atoms with Crippen molar-refractivity contribution in [3.05, 3.63) is 0 Å². The van der Waals surface area contributed by atoms with Crippen LogP contribution in [-0.4, -0.2) is 37.2 Å². The average molecular weight is 169 g/mol. The number of rotatable bonds is 1. The van der Waals surface area contributed by atoms with Gasteiger partial charge in [-0.3, -0.25) is 4.90 Å². The molecule has 1 aliphatic carbocycles. The smallest absolute Gasteiger partial charge is 0.0594 e. The van der Waals surface area contributed by atoms with Crippen molar-refractivity contribution < 1.29 is 4.74 Å². The third-order valence-electron chi connectivity index (χ3n) is 3.23. The van der Waals surface area contributed by atoms with Crippen LogP contribution in [0.3, 0.4) is 0 Å². The summed E-state index contributed by atoms with van der Waals surface area (Å²) in [5.74, 6) is 0.956. The van der Waals surface area contributed by atoms with E-state index >= 15 is 0 Å². The maximum Gasteiger partial charge on any atom is 0.0594 e. The van der Waals surface area contributed by atoms with Gasteiger partial charge in [0.15, 0.2) is 0 Å². The van der Waals surface area contributed by atoms with Crippen molar-refractivity contribution in [3.8, 4) is 0 Å². The minimum Gasteiger partial charge on any atom is -0.379 e. The summed E-state index contributed by atoms with van der Waals surface area (Å²) in [5.41, 5.74) is 0. The summed E-state index contributed by atoms with van der Waals surface area (Å²) in [6, 6.07) is 0.879. The predicted molar refractivity (Wildman–Crippen MR) is 49.2 cm³/mol. The van der Waals surface area contributed by atoms with Gasteiger partial charge in [-0.15, -0.1) is 0 Å². The molecule has 2 heteroatoms. The molecule has 0 amide bonds. The molecule has 0 bridgehead atoms. The van der Waals surface area contributed by atoms with Crippen molar-refractivity contribution in [1.82, 2.24) is 4.90 Å². The Morgan fingerprint density at radius 3 is 2.50 bits per heavy atom. The third-order valence-corrected chi connectivity index (χ3v) is 3.23. The van der Waals surface area contributed by atoms with Gasteiger partial charge < -0.3 is 4.74 Å². The van der Waals surface area contributed by atoms with Gasteiger partial charge in [-0.1, -0.05) is 6.92 Å². The fourth-order valence-electron chi connectivity index (χ4n) is 2.45. The molecule has 70 valence electrons. The molecule has 1 heterocycles. The minimum absolute atomic E-state index is 0.879. The zero-order valence-corrected chi connectivity index (χ0v) is 7.96. The zero-order valence-electron chi connectivity index (χ0n) is 7.96. The zero-order chi connectivity index (χ0) is 8.39. The Morgan fingerprint density at radius 1 is 1.17 bits per heavy atom. The summed E-state index contributed by atoms with van der Waals surface area (Å²) in [6.07, 6.45) is 4.27. The van der Waals surface area contributed by atoms with E-state index in [2.05, 4.69) is 11.8 Å². The van der Waals surface area contributed by atoms with Crippen molar-refractivity contribution in [3.63, 3.8) is 0 Å². The van der Waals surface area contributed by atoms with E-state index in [-0.39, 0.29) is 0 Å². The molecule has 0 N–H and O–H groups in total. The first kappa shape index (κ1) is 8.52. The van der Waals surface area contributed by atoms with Crippen LogP contribution in [0.5, 0.6) is 0 Å². The lowest BCUT2D eigenvalue weighted by Gasteiger charge is -2.32. The molecule has 2 fully saturated rings. The summed E-state index contributed by atoms with van der Waals surface area (Å²) in [7, 11) is 0. The van der Waals surface area contributed by atoms with Crippen LogP contribution in [0, 0.1) is 5.92 Å². The Balaban J connectivity index is 1.83. The monoisotopic (exact) mass is 169 g/mol. The van der Waals surface area contributed by atoms with E-state index in [1.165, 1.54) is 19.3 Å². The Labute approximate surface area is 74.9 Å².